The molecule has 0 aromatic heterocycles. The Morgan fingerprint density at radius 1 is 1.10 bits per heavy atom. The van der Waals surface area contributed by atoms with Gasteiger partial charge in [0.05, 0.1) is 0 Å². The van der Waals surface area contributed by atoms with Gasteiger partial charge in [0.15, 0.2) is 0 Å². The molecule has 3 unspecified atom stereocenters. The predicted molar refractivity (Wildman–Crippen MR) is 90.3 cm³/mol. The largest absolute Gasteiger partial charge is 0.314 e. The predicted octanol–water partition coefficient (Wildman–Crippen LogP) is 4.45. The van der Waals surface area contributed by atoms with Gasteiger partial charge in [0.25, 0.3) is 0 Å². The Labute approximate surface area is 127 Å². The Hall–Kier alpha value is -0.0800. The second kappa shape index (κ2) is 10.6. The van der Waals surface area contributed by atoms with E-state index in [1.54, 1.807) is 0 Å². The molecule has 1 saturated carbocycles. The molecule has 1 rings (SSSR count). The fourth-order valence-corrected chi connectivity index (χ4v) is 3.48. The molecule has 0 spiro atoms. The van der Waals surface area contributed by atoms with E-state index in [9.17, 15) is 0 Å². The molecule has 0 heterocycles. The molecule has 1 aliphatic carbocycles. The van der Waals surface area contributed by atoms with Crippen molar-refractivity contribution in [1.82, 2.24) is 10.2 Å². The highest BCUT2D eigenvalue weighted by Crippen LogP contribution is 2.29. The van der Waals surface area contributed by atoms with Gasteiger partial charge in [0.2, 0.25) is 0 Å². The molecule has 3 atom stereocenters. The van der Waals surface area contributed by atoms with Crippen LogP contribution in [0.25, 0.3) is 0 Å². The fraction of sp³-hybridized carbons (Fsp3) is 1.00. The average Bonchev–Trinajstić information content (AvgIpc) is 2.92. The van der Waals surface area contributed by atoms with Gasteiger partial charge in [-0.25, -0.2) is 0 Å². The summed E-state index contributed by atoms with van der Waals surface area (Å²) in [5, 5.41) is 3.77. The molecule has 1 aliphatic rings. The number of nitrogens with one attached hydrogen (secondary N) is 1. The van der Waals surface area contributed by atoms with Crippen molar-refractivity contribution in [3.05, 3.63) is 0 Å². The second-order valence-electron chi connectivity index (χ2n) is 6.69. The van der Waals surface area contributed by atoms with Crippen LogP contribution in [-0.2, 0) is 0 Å². The van der Waals surface area contributed by atoms with E-state index in [2.05, 4.69) is 37.9 Å². The molecule has 120 valence electrons. The number of unbranched alkanes of at least 4 members (excludes halogenated alkanes) is 1. The van der Waals surface area contributed by atoms with E-state index in [0.717, 1.165) is 18.0 Å². The van der Waals surface area contributed by atoms with Gasteiger partial charge in [-0.15, -0.1) is 0 Å². The SMILES string of the molecule is CCCCN(CCC1CCCC1NCCC)C(C)CC. The molecule has 0 radical (unpaired) electrons. The maximum Gasteiger partial charge on any atom is 0.00958 e. The first kappa shape index (κ1) is 18.0. The van der Waals surface area contributed by atoms with Crippen LogP contribution < -0.4 is 5.32 Å². The quantitative estimate of drug-likeness (QED) is 0.602. The summed E-state index contributed by atoms with van der Waals surface area (Å²) < 4.78 is 0. The zero-order chi connectivity index (χ0) is 14.8. The molecule has 0 bridgehead atoms. The molecule has 0 aromatic rings. The van der Waals surface area contributed by atoms with E-state index in [-0.39, 0.29) is 0 Å². The molecular weight excluding hydrogens is 244 g/mol. The van der Waals surface area contributed by atoms with Crippen LogP contribution in [0.4, 0.5) is 0 Å². The minimum atomic E-state index is 0.755. The number of rotatable bonds is 11. The summed E-state index contributed by atoms with van der Waals surface area (Å²) in [5.74, 6) is 0.926. The van der Waals surface area contributed by atoms with Crippen molar-refractivity contribution in [2.45, 2.75) is 91.1 Å². The third-order valence-corrected chi connectivity index (χ3v) is 5.12. The van der Waals surface area contributed by atoms with Crippen LogP contribution in [0.5, 0.6) is 0 Å². The summed E-state index contributed by atoms with van der Waals surface area (Å²) in [6, 6.07) is 1.56. The second-order valence-corrected chi connectivity index (χ2v) is 6.69. The molecule has 1 N–H and O–H groups in total. The summed E-state index contributed by atoms with van der Waals surface area (Å²) in [4.78, 5) is 2.73. The van der Waals surface area contributed by atoms with Crippen LogP contribution in [0.3, 0.4) is 0 Å². The smallest absolute Gasteiger partial charge is 0.00958 e. The van der Waals surface area contributed by atoms with Gasteiger partial charge in [-0.2, -0.15) is 0 Å². The van der Waals surface area contributed by atoms with Crippen LogP contribution in [0.15, 0.2) is 0 Å². The summed E-state index contributed by atoms with van der Waals surface area (Å²) in [7, 11) is 0. The lowest BCUT2D eigenvalue weighted by Gasteiger charge is -2.30. The zero-order valence-corrected chi connectivity index (χ0v) is 14.5. The summed E-state index contributed by atoms with van der Waals surface area (Å²) in [5.41, 5.74) is 0. The molecular formula is C18H38N2. The Morgan fingerprint density at radius 2 is 1.90 bits per heavy atom. The Morgan fingerprint density at radius 3 is 2.55 bits per heavy atom. The highest BCUT2D eigenvalue weighted by atomic mass is 15.1. The normalized spacial score (nSPS) is 24.4. The molecule has 1 fully saturated rings. The maximum absolute atomic E-state index is 3.77. The Kier molecular flexibility index (Phi) is 9.54. The average molecular weight is 283 g/mol. The number of hydrogen-bond acceptors (Lipinski definition) is 2. The van der Waals surface area contributed by atoms with E-state index in [0.29, 0.717) is 0 Å². The van der Waals surface area contributed by atoms with E-state index in [1.807, 2.05) is 0 Å². The van der Waals surface area contributed by atoms with Crippen LogP contribution in [-0.4, -0.2) is 36.6 Å². The van der Waals surface area contributed by atoms with Crippen molar-refractivity contribution in [1.29, 1.82) is 0 Å². The molecule has 2 heteroatoms. The van der Waals surface area contributed by atoms with Crippen LogP contribution in [0.2, 0.25) is 0 Å². The van der Waals surface area contributed by atoms with Crippen molar-refractivity contribution >= 4 is 0 Å². The van der Waals surface area contributed by atoms with Gasteiger partial charge in [0.1, 0.15) is 0 Å². The van der Waals surface area contributed by atoms with E-state index in [1.165, 1.54) is 71.0 Å². The van der Waals surface area contributed by atoms with Crippen LogP contribution >= 0.6 is 0 Å². The minimum Gasteiger partial charge on any atom is -0.314 e. The van der Waals surface area contributed by atoms with Crippen molar-refractivity contribution < 1.29 is 0 Å². The molecule has 0 amide bonds. The van der Waals surface area contributed by atoms with E-state index >= 15 is 0 Å². The first-order chi connectivity index (χ1) is 9.72. The van der Waals surface area contributed by atoms with Gasteiger partial charge in [0, 0.05) is 12.1 Å². The lowest BCUT2D eigenvalue weighted by molar-refractivity contribution is 0.182. The lowest BCUT2D eigenvalue weighted by atomic mass is 9.98. The lowest BCUT2D eigenvalue weighted by Crippen LogP contribution is -2.38. The van der Waals surface area contributed by atoms with Crippen molar-refractivity contribution in [3.8, 4) is 0 Å². The van der Waals surface area contributed by atoms with Gasteiger partial charge in [-0.1, -0.05) is 33.6 Å². The van der Waals surface area contributed by atoms with Crippen molar-refractivity contribution in [3.63, 3.8) is 0 Å². The maximum atomic E-state index is 3.77. The Bertz CT molecular complexity index is 229. The third kappa shape index (κ3) is 6.13. The molecule has 20 heavy (non-hydrogen) atoms. The highest BCUT2D eigenvalue weighted by Gasteiger charge is 2.27. The first-order valence-corrected chi connectivity index (χ1v) is 9.20. The summed E-state index contributed by atoms with van der Waals surface area (Å²) in [6.45, 7) is 13.1. The monoisotopic (exact) mass is 282 g/mol. The summed E-state index contributed by atoms with van der Waals surface area (Å²) >= 11 is 0. The molecule has 0 aromatic carbocycles. The summed E-state index contributed by atoms with van der Waals surface area (Å²) in [6.07, 6.45) is 10.9. The van der Waals surface area contributed by atoms with E-state index in [4.69, 9.17) is 0 Å². The van der Waals surface area contributed by atoms with Crippen LogP contribution in [0, 0.1) is 5.92 Å². The first-order valence-electron chi connectivity index (χ1n) is 9.20. The molecule has 0 aliphatic heterocycles. The standard InChI is InChI=1S/C18H38N2/c1-5-8-14-20(16(4)7-3)15-12-17-10-9-11-18(17)19-13-6-2/h16-19H,5-15H2,1-4H3. The number of nitrogens with zero attached hydrogens (tertiary/aromatic N) is 1. The molecule has 0 saturated heterocycles. The van der Waals surface area contributed by atoms with Gasteiger partial charge < -0.3 is 10.2 Å². The van der Waals surface area contributed by atoms with Gasteiger partial charge in [-0.3, -0.25) is 0 Å². The third-order valence-electron chi connectivity index (χ3n) is 5.12. The zero-order valence-electron chi connectivity index (χ0n) is 14.5. The van der Waals surface area contributed by atoms with Gasteiger partial charge >= 0.3 is 0 Å². The fourth-order valence-electron chi connectivity index (χ4n) is 3.48. The van der Waals surface area contributed by atoms with Crippen molar-refractivity contribution in [2.75, 3.05) is 19.6 Å². The minimum absolute atomic E-state index is 0.755. The van der Waals surface area contributed by atoms with Crippen molar-refractivity contribution in [2.24, 2.45) is 5.92 Å². The molecule has 2 nitrogen and oxygen atoms in total. The Balaban J connectivity index is 2.36. The number of hydrogen-bond donors (Lipinski definition) is 1. The van der Waals surface area contributed by atoms with Crippen LogP contribution in [0.1, 0.15) is 79.1 Å². The van der Waals surface area contributed by atoms with Gasteiger partial charge in [-0.05, 0) is 71.0 Å². The van der Waals surface area contributed by atoms with E-state index < -0.39 is 0 Å². The highest BCUT2D eigenvalue weighted by molar-refractivity contribution is 4.84. The topological polar surface area (TPSA) is 15.3 Å².